The summed E-state index contributed by atoms with van der Waals surface area (Å²) in [6, 6.07) is 15.2. The lowest BCUT2D eigenvalue weighted by Crippen LogP contribution is -2.44. The van der Waals surface area contributed by atoms with Gasteiger partial charge >= 0.3 is 11.9 Å². The number of ether oxygens (including phenoxy) is 2. The van der Waals surface area contributed by atoms with E-state index in [1.54, 1.807) is 6.92 Å². The third kappa shape index (κ3) is 6.92. The lowest BCUT2D eigenvalue weighted by atomic mass is 10.0. The maximum atomic E-state index is 12.5. The molecule has 0 bridgehead atoms. The van der Waals surface area contributed by atoms with Crippen molar-refractivity contribution in [3.05, 3.63) is 71.9 Å². The standard InChI is InChI=1S/C25H29N3O5/c1-2-32-25(31)22(14-18-15-27-21-11-7-6-10-19(18)21)28-23(29)13-12-20(26)24(30)33-16-17-8-4-3-5-9-17/h3-11,15,20,22,27H,2,12-14,16,26H2,1H3,(H,28,29)/t20-,22-/m1/s1. The van der Waals surface area contributed by atoms with E-state index in [0.29, 0.717) is 0 Å². The largest absolute Gasteiger partial charge is 0.464 e. The third-order valence-electron chi connectivity index (χ3n) is 5.21. The number of carbonyl (C=O) groups excluding carboxylic acids is 3. The van der Waals surface area contributed by atoms with Gasteiger partial charge in [0.15, 0.2) is 0 Å². The second-order valence-corrected chi connectivity index (χ2v) is 7.67. The summed E-state index contributed by atoms with van der Waals surface area (Å²) in [6.45, 7) is 2.04. The molecule has 174 valence electrons. The fraction of sp³-hybridized carbons (Fsp3) is 0.320. The van der Waals surface area contributed by atoms with Crippen LogP contribution < -0.4 is 11.1 Å². The summed E-state index contributed by atoms with van der Waals surface area (Å²) < 4.78 is 10.4. The Labute approximate surface area is 192 Å². The minimum absolute atomic E-state index is 0.0224. The lowest BCUT2D eigenvalue weighted by molar-refractivity contribution is -0.148. The number of para-hydroxylation sites is 1. The third-order valence-corrected chi connectivity index (χ3v) is 5.21. The molecule has 4 N–H and O–H groups in total. The summed E-state index contributed by atoms with van der Waals surface area (Å²) in [4.78, 5) is 40.3. The van der Waals surface area contributed by atoms with Crippen molar-refractivity contribution in [3.8, 4) is 0 Å². The minimum atomic E-state index is -0.936. The van der Waals surface area contributed by atoms with Crippen molar-refractivity contribution in [2.24, 2.45) is 5.73 Å². The average Bonchev–Trinajstić information content (AvgIpc) is 3.24. The van der Waals surface area contributed by atoms with Crippen LogP contribution >= 0.6 is 0 Å². The van der Waals surface area contributed by atoms with Gasteiger partial charge in [0.25, 0.3) is 0 Å². The number of nitrogens with two attached hydrogens (primary N) is 1. The van der Waals surface area contributed by atoms with Crippen molar-refractivity contribution in [1.29, 1.82) is 0 Å². The van der Waals surface area contributed by atoms with E-state index in [1.165, 1.54) is 0 Å². The molecule has 8 nitrogen and oxygen atoms in total. The van der Waals surface area contributed by atoms with Crippen LogP contribution in [0.3, 0.4) is 0 Å². The first-order chi connectivity index (χ1) is 16.0. The van der Waals surface area contributed by atoms with Gasteiger partial charge in [0.2, 0.25) is 5.91 Å². The van der Waals surface area contributed by atoms with Gasteiger partial charge in [-0.05, 0) is 30.5 Å². The Morgan fingerprint density at radius 3 is 2.48 bits per heavy atom. The number of H-pyrrole nitrogens is 1. The van der Waals surface area contributed by atoms with Gasteiger partial charge in [-0.1, -0.05) is 48.5 Å². The molecule has 0 saturated carbocycles. The van der Waals surface area contributed by atoms with Crippen LogP contribution in [-0.4, -0.2) is 41.5 Å². The van der Waals surface area contributed by atoms with Crippen LogP contribution in [0, 0.1) is 0 Å². The Balaban J connectivity index is 1.53. The van der Waals surface area contributed by atoms with Crippen LogP contribution in [0.25, 0.3) is 10.9 Å². The zero-order chi connectivity index (χ0) is 23.6. The fourth-order valence-electron chi connectivity index (χ4n) is 3.46. The first kappa shape index (κ1) is 24.0. The molecular formula is C25H29N3O5. The molecule has 2 atom stereocenters. The number of amides is 1. The van der Waals surface area contributed by atoms with Gasteiger partial charge in [0.05, 0.1) is 6.61 Å². The molecule has 1 amide bonds. The van der Waals surface area contributed by atoms with Gasteiger partial charge in [0.1, 0.15) is 18.7 Å². The van der Waals surface area contributed by atoms with E-state index >= 15 is 0 Å². The van der Waals surface area contributed by atoms with Crippen molar-refractivity contribution < 1.29 is 23.9 Å². The second-order valence-electron chi connectivity index (χ2n) is 7.67. The summed E-state index contributed by atoms with van der Waals surface area (Å²) in [5.41, 5.74) is 8.58. The Hall–Kier alpha value is -3.65. The molecule has 3 rings (SSSR count). The number of rotatable bonds is 11. The number of fused-ring (bicyclic) bond motifs is 1. The van der Waals surface area contributed by atoms with Crippen LogP contribution in [0.2, 0.25) is 0 Å². The normalized spacial score (nSPS) is 12.7. The van der Waals surface area contributed by atoms with Gasteiger partial charge in [-0.3, -0.25) is 9.59 Å². The van der Waals surface area contributed by atoms with Crippen LogP contribution in [0.1, 0.15) is 30.9 Å². The van der Waals surface area contributed by atoms with E-state index in [9.17, 15) is 14.4 Å². The number of benzene rings is 2. The van der Waals surface area contributed by atoms with Crippen molar-refractivity contribution in [2.45, 2.75) is 44.9 Å². The van der Waals surface area contributed by atoms with E-state index in [1.807, 2.05) is 60.8 Å². The zero-order valence-electron chi connectivity index (χ0n) is 18.6. The van der Waals surface area contributed by atoms with Gasteiger partial charge in [-0.15, -0.1) is 0 Å². The molecule has 0 aliphatic heterocycles. The number of carbonyl (C=O) groups is 3. The summed E-state index contributed by atoms with van der Waals surface area (Å²) >= 11 is 0. The molecule has 1 aromatic heterocycles. The monoisotopic (exact) mass is 451 g/mol. The van der Waals surface area contributed by atoms with Crippen LogP contribution in [-0.2, 0) is 36.9 Å². The smallest absolute Gasteiger partial charge is 0.328 e. The Morgan fingerprint density at radius 1 is 1.00 bits per heavy atom. The quantitative estimate of drug-likeness (QED) is 0.385. The van der Waals surface area contributed by atoms with Crippen LogP contribution in [0.5, 0.6) is 0 Å². The molecule has 0 aliphatic carbocycles. The van der Waals surface area contributed by atoms with Gasteiger partial charge in [-0.25, -0.2) is 4.79 Å². The van der Waals surface area contributed by atoms with E-state index in [2.05, 4.69) is 10.3 Å². The first-order valence-corrected chi connectivity index (χ1v) is 10.9. The topological polar surface area (TPSA) is 124 Å². The van der Waals surface area contributed by atoms with Crippen molar-refractivity contribution >= 4 is 28.7 Å². The Morgan fingerprint density at radius 2 is 1.73 bits per heavy atom. The van der Waals surface area contributed by atoms with Gasteiger partial charge in [0, 0.05) is 29.9 Å². The van der Waals surface area contributed by atoms with Crippen LogP contribution in [0.15, 0.2) is 60.8 Å². The highest BCUT2D eigenvalue weighted by Gasteiger charge is 2.25. The Kier molecular flexibility index (Phi) is 8.60. The SMILES string of the molecule is CCOC(=O)[C@@H](Cc1c[nH]c2ccccc12)NC(=O)CC[C@@H](N)C(=O)OCc1ccccc1. The lowest BCUT2D eigenvalue weighted by Gasteiger charge is -2.18. The molecule has 2 aromatic carbocycles. The van der Waals surface area contributed by atoms with E-state index in [0.717, 1.165) is 22.0 Å². The first-order valence-electron chi connectivity index (χ1n) is 10.9. The highest BCUT2D eigenvalue weighted by atomic mass is 16.5. The molecule has 3 aromatic rings. The maximum absolute atomic E-state index is 12.5. The fourth-order valence-corrected chi connectivity index (χ4v) is 3.46. The number of hydrogen-bond acceptors (Lipinski definition) is 6. The molecule has 1 heterocycles. The van der Waals surface area contributed by atoms with E-state index in [-0.39, 0.29) is 38.4 Å². The summed E-state index contributed by atoms with van der Waals surface area (Å²) in [7, 11) is 0. The summed E-state index contributed by atoms with van der Waals surface area (Å²) in [5.74, 6) is -1.48. The van der Waals surface area contributed by atoms with E-state index < -0.39 is 24.0 Å². The van der Waals surface area contributed by atoms with Gasteiger partial charge < -0.3 is 25.5 Å². The number of nitrogens with one attached hydrogen (secondary N) is 2. The molecule has 0 unspecified atom stereocenters. The molecular weight excluding hydrogens is 422 g/mol. The molecule has 0 radical (unpaired) electrons. The van der Waals surface area contributed by atoms with E-state index in [4.69, 9.17) is 15.2 Å². The number of esters is 2. The highest BCUT2D eigenvalue weighted by Crippen LogP contribution is 2.19. The average molecular weight is 452 g/mol. The highest BCUT2D eigenvalue weighted by molar-refractivity contribution is 5.87. The molecule has 0 saturated heterocycles. The predicted octanol–water partition coefficient (Wildman–Crippen LogP) is 2.61. The molecule has 0 fully saturated rings. The number of aromatic nitrogens is 1. The molecule has 33 heavy (non-hydrogen) atoms. The predicted molar refractivity (Wildman–Crippen MR) is 124 cm³/mol. The summed E-state index contributed by atoms with van der Waals surface area (Å²) in [5, 5.41) is 3.70. The number of aromatic amines is 1. The van der Waals surface area contributed by atoms with Crippen molar-refractivity contribution in [3.63, 3.8) is 0 Å². The maximum Gasteiger partial charge on any atom is 0.328 e. The number of hydrogen-bond donors (Lipinski definition) is 3. The molecule has 0 spiro atoms. The summed E-state index contributed by atoms with van der Waals surface area (Å²) in [6.07, 6.45) is 2.18. The Bertz CT molecular complexity index is 1080. The van der Waals surface area contributed by atoms with Gasteiger partial charge in [-0.2, -0.15) is 0 Å². The molecule has 8 heteroatoms. The second kappa shape index (κ2) is 11.8. The van der Waals surface area contributed by atoms with Crippen molar-refractivity contribution in [1.82, 2.24) is 10.3 Å². The molecule has 0 aliphatic rings. The van der Waals surface area contributed by atoms with Crippen molar-refractivity contribution in [2.75, 3.05) is 6.61 Å². The zero-order valence-corrected chi connectivity index (χ0v) is 18.6. The van der Waals surface area contributed by atoms with Crippen LogP contribution in [0.4, 0.5) is 0 Å². The minimum Gasteiger partial charge on any atom is -0.464 e.